The summed E-state index contributed by atoms with van der Waals surface area (Å²) in [5.41, 5.74) is -1.40. The molecule has 3 rings (SSSR count). The normalized spacial score (nSPS) is 23.7. The molecule has 25 heavy (non-hydrogen) atoms. The van der Waals surface area contributed by atoms with Gasteiger partial charge in [-0.1, -0.05) is 0 Å². The second-order valence-corrected chi connectivity index (χ2v) is 7.32. The maximum Gasteiger partial charge on any atom is 0.325 e. The minimum Gasteiger partial charge on any atom is -0.341 e. The smallest absolute Gasteiger partial charge is 0.325 e. The molecule has 2 aliphatic rings. The molecule has 3 heterocycles. The third-order valence-corrected chi connectivity index (χ3v) is 5.34. The summed E-state index contributed by atoms with van der Waals surface area (Å²) in [5.74, 6) is -0.0465. The van der Waals surface area contributed by atoms with E-state index >= 15 is 0 Å². The third kappa shape index (κ3) is 3.25. The van der Waals surface area contributed by atoms with Gasteiger partial charge in [-0.2, -0.15) is 0 Å². The van der Waals surface area contributed by atoms with Crippen molar-refractivity contribution in [2.75, 3.05) is 19.6 Å². The van der Waals surface area contributed by atoms with Crippen LogP contribution in [-0.2, 0) is 16.0 Å². The molecule has 1 aromatic heterocycles. The number of carbonyl (C=O) groups is 2. The second-order valence-electron chi connectivity index (χ2n) is 7.32. The lowest BCUT2D eigenvalue weighted by atomic mass is 9.78. The zero-order valence-electron chi connectivity index (χ0n) is 14.6. The molecule has 1 aromatic rings. The fraction of sp³-hybridized carbons (Fsp3) is 0.647. The Hall–Kier alpha value is -2.38. The minimum absolute atomic E-state index is 0.0791. The monoisotopic (exact) mass is 348 g/mol. The molecule has 2 fully saturated rings. The van der Waals surface area contributed by atoms with Crippen molar-refractivity contribution in [1.82, 2.24) is 19.8 Å². The highest BCUT2D eigenvalue weighted by molar-refractivity contribution is 5.86. The molecule has 2 aliphatic heterocycles. The number of nitrogens with zero attached hydrogens (tertiary/aromatic N) is 2. The van der Waals surface area contributed by atoms with Crippen LogP contribution < -0.4 is 11.2 Å². The number of carbonyl (C=O) groups excluding carboxylic acids is 2. The number of likely N-dealkylation sites (tertiary alicyclic amines) is 2. The summed E-state index contributed by atoms with van der Waals surface area (Å²) in [4.78, 5) is 56.3. The van der Waals surface area contributed by atoms with Gasteiger partial charge >= 0.3 is 5.69 Å². The predicted octanol–water partition coefficient (Wildman–Crippen LogP) is -0.145. The number of hydrogen-bond acceptors (Lipinski definition) is 4. The summed E-state index contributed by atoms with van der Waals surface area (Å²) < 4.78 is 0. The molecule has 2 amide bonds. The van der Waals surface area contributed by atoms with Gasteiger partial charge < -0.3 is 14.8 Å². The van der Waals surface area contributed by atoms with Crippen molar-refractivity contribution in [1.29, 1.82) is 0 Å². The van der Waals surface area contributed by atoms with Gasteiger partial charge in [0.1, 0.15) is 0 Å². The molecule has 136 valence electrons. The Morgan fingerprint density at radius 1 is 1.24 bits per heavy atom. The SMILES string of the molecule is CC(C)N1CCCC2(CCN(C(=O)Cc3c[nH]c(=O)[nH]c3=O)C2)C1=O. The topological polar surface area (TPSA) is 106 Å². The molecule has 2 saturated heterocycles. The van der Waals surface area contributed by atoms with E-state index in [4.69, 9.17) is 0 Å². The number of piperidine rings is 1. The van der Waals surface area contributed by atoms with E-state index in [1.807, 2.05) is 18.7 Å². The Morgan fingerprint density at radius 2 is 2.00 bits per heavy atom. The minimum atomic E-state index is -0.595. The first-order valence-electron chi connectivity index (χ1n) is 8.72. The maximum atomic E-state index is 12.9. The van der Waals surface area contributed by atoms with Crippen LogP contribution in [-0.4, -0.2) is 57.3 Å². The number of aromatic nitrogens is 2. The fourth-order valence-corrected chi connectivity index (χ4v) is 3.90. The molecule has 0 radical (unpaired) electrons. The molecule has 0 aliphatic carbocycles. The van der Waals surface area contributed by atoms with Crippen molar-refractivity contribution in [3.63, 3.8) is 0 Å². The number of rotatable bonds is 3. The standard InChI is InChI=1S/C17H24N4O4/c1-11(2)21-6-3-4-17(15(21)24)5-7-20(10-17)13(22)8-12-9-18-16(25)19-14(12)23/h9,11H,3-8,10H2,1-2H3,(H2,18,19,23,25). The van der Waals surface area contributed by atoms with Gasteiger partial charge in [-0.25, -0.2) is 4.79 Å². The lowest BCUT2D eigenvalue weighted by Gasteiger charge is -2.41. The Morgan fingerprint density at radius 3 is 2.68 bits per heavy atom. The number of amides is 2. The summed E-state index contributed by atoms with van der Waals surface area (Å²) >= 11 is 0. The molecule has 2 N–H and O–H groups in total. The average Bonchev–Trinajstić information content (AvgIpc) is 2.98. The first kappa shape index (κ1) is 17.4. The Kier molecular flexibility index (Phi) is 4.53. The summed E-state index contributed by atoms with van der Waals surface area (Å²) in [6, 6.07) is 0.161. The van der Waals surface area contributed by atoms with Crippen LogP contribution in [0.2, 0.25) is 0 Å². The molecule has 8 heteroatoms. The van der Waals surface area contributed by atoms with Gasteiger partial charge in [0.2, 0.25) is 11.8 Å². The van der Waals surface area contributed by atoms with E-state index in [1.165, 1.54) is 6.20 Å². The molecule has 8 nitrogen and oxygen atoms in total. The van der Waals surface area contributed by atoms with E-state index in [1.54, 1.807) is 4.90 Å². The van der Waals surface area contributed by atoms with Crippen molar-refractivity contribution in [3.8, 4) is 0 Å². The van der Waals surface area contributed by atoms with Crippen LogP contribution in [0.3, 0.4) is 0 Å². The highest BCUT2D eigenvalue weighted by atomic mass is 16.2. The number of nitrogens with one attached hydrogen (secondary N) is 2. The molecular weight excluding hydrogens is 324 g/mol. The third-order valence-electron chi connectivity index (χ3n) is 5.34. The van der Waals surface area contributed by atoms with E-state index in [9.17, 15) is 19.2 Å². The van der Waals surface area contributed by atoms with Crippen molar-refractivity contribution in [3.05, 3.63) is 32.6 Å². The van der Waals surface area contributed by atoms with Crippen molar-refractivity contribution < 1.29 is 9.59 Å². The highest BCUT2D eigenvalue weighted by Gasteiger charge is 2.49. The van der Waals surface area contributed by atoms with Crippen LogP contribution in [0.4, 0.5) is 0 Å². The first-order valence-corrected chi connectivity index (χ1v) is 8.72. The molecule has 0 aromatic carbocycles. The van der Waals surface area contributed by atoms with Crippen molar-refractivity contribution in [2.45, 2.75) is 45.6 Å². The molecule has 1 unspecified atom stereocenters. The van der Waals surface area contributed by atoms with Crippen LogP contribution in [0, 0.1) is 5.41 Å². The van der Waals surface area contributed by atoms with E-state index < -0.39 is 16.7 Å². The quantitative estimate of drug-likeness (QED) is 0.792. The van der Waals surface area contributed by atoms with Gasteiger partial charge in [-0.05, 0) is 33.1 Å². The van der Waals surface area contributed by atoms with E-state index in [0.29, 0.717) is 19.5 Å². The molecule has 1 spiro atoms. The zero-order valence-corrected chi connectivity index (χ0v) is 14.6. The van der Waals surface area contributed by atoms with Crippen LogP contribution in [0.1, 0.15) is 38.7 Å². The molecule has 1 atom stereocenters. The van der Waals surface area contributed by atoms with Crippen LogP contribution in [0.25, 0.3) is 0 Å². The Balaban J connectivity index is 1.71. The number of H-pyrrole nitrogens is 2. The highest BCUT2D eigenvalue weighted by Crippen LogP contribution is 2.40. The maximum absolute atomic E-state index is 12.9. The zero-order chi connectivity index (χ0) is 18.2. The van der Waals surface area contributed by atoms with Gasteiger partial charge in [-0.15, -0.1) is 0 Å². The second kappa shape index (κ2) is 6.50. The van der Waals surface area contributed by atoms with Crippen LogP contribution >= 0.6 is 0 Å². The predicted molar refractivity (Wildman–Crippen MR) is 91.1 cm³/mol. The molecule has 0 bridgehead atoms. The van der Waals surface area contributed by atoms with Crippen LogP contribution in [0.5, 0.6) is 0 Å². The summed E-state index contributed by atoms with van der Waals surface area (Å²) in [6.07, 6.45) is 3.62. The largest absolute Gasteiger partial charge is 0.341 e. The molecular formula is C17H24N4O4. The summed E-state index contributed by atoms with van der Waals surface area (Å²) in [6.45, 7) is 5.74. The van der Waals surface area contributed by atoms with Gasteiger partial charge in [0.05, 0.1) is 11.8 Å². The number of aromatic amines is 2. The Labute approximate surface area is 145 Å². The fourth-order valence-electron chi connectivity index (χ4n) is 3.90. The van der Waals surface area contributed by atoms with E-state index in [2.05, 4.69) is 9.97 Å². The first-order chi connectivity index (χ1) is 11.8. The van der Waals surface area contributed by atoms with Gasteiger partial charge in [0.15, 0.2) is 0 Å². The lowest BCUT2D eigenvalue weighted by molar-refractivity contribution is -0.148. The van der Waals surface area contributed by atoms with Gasteiger partial charge in [-0.3, -0.25) is 19.4 Å². The van der Waals surface area contributed by atoms with Gasteiger partial charge in [0.25, 0.3) is 5.56 Å². The summed E-state index contributed by atoms with van der Waals surface area (Å²) in [5, 5.41) is 0. The van der Waals surface area contributed by atoms with Crippen molar-refractivity contribution >= 4 is 11.8 Å². The van der Waals surface area contributed by atoms with Crippen LogP contribution in [0.15, 0.2) is 15.8 Å². The van der Waals surface area contributed by atoms with Gasteiger partial charge in [0, 0.05) is 37.4 Å². The number of hydrogen-bond donors (Lipinski definition) is 2. The Bertz CT molecular complexity index is 796. The average molecular weight is 348 g/mol. The van der Waals surface area contributed by atoms with E-state index in [0.717, 1.165) is 19.4 Å². The molecule has 0 saturated carbocycles. The van der Waals surface area contributed by atoms with E-state index in [-0.39, 0.29) is 29.8 Å². The summed E-state index contributed by atoms with van der Waals surface area (Å²) in [7, 11) is 0. The lowest BCUT2D eigenvalue weighted by Crippen LogP contribution is -2.52. The van der Waals surface area contributed by atoms with Crippen molar-refractivity contribution in [2.24, 2.45) is 5.41 Å².